The summed E-state index contributed by atoms with van der Waals surface area (Å²) >= 11 is 0. The molecule has 2 aliphatic rings. The van der Waals surface area contributed by atoms with Gasteiger partial charge in [-0.2, -0.15) is 0 Å². The fraction of sp³-hybridized carbons (Fsp3) is 0.393. The van der Waals surface area contributed by atoms with Crippen molar-refractivity contribution in [3.63, 3.8) is 0 Å². The van der Waals surface area contributed by atoms with Gasteiger partial charge in [0.2, 0.25) is 5.95 Å². The number of nitrogens with zero attached hydrogens (tertiary/aromatic N) is 5. The first-order valence-corrected chi connectivity index (χ1v) is 12.4. The number of hydrogen-bond donors (Lipinski definition) is 0. The molecule has 35 heavy (non-hydrogen) atoms. The largest absolute Gasteiger partial charge is 0.378 e. The van der Waals surface area contributed by atoms with Crippen LogP contribution >= 0.6 is 0 Å². The van der Waals surface area contributed by atoms with Crippen LogP contribution in [0.1, 0.15) is 27.0 Å². The minimum atomic E-state index is 0.120. The summed E-state index contributed by atoms with van der Waals surface area (Å²) in [4.78, 5) is 29.1. The minimum Gasteiger partial charge on any atom is -0.378 e. The molecule has 0 spiro atoms. The van der Waals surface area contributed by atoms with Crippen molar-refractivity contribution in [2.24, 2.45) is 0 Å². The lowest BCUT2D eigenvalue weighted by Gasteiger charge is -2.35. The van der Waals surface area contributed by atoms with Gasteiger partial charge in [0.15, 0.2) is 0 Å². The second-order valence-electron chi connectivity index (χ2n) is 9.44. The van der Waals surface area contributed by atoms with Gasteiger partial charge in [0.25, 0.3) is 5.91 Å². The first-order valence-electron chi connectivity index (χ1n) is 12.4. The Morgan fingerprint density at radius 3 is 2.14 bits per heavy atom. The van der Waals surface area contributed by atoms with Crippen molar-refractivity contribution in [3.8, 4) is 11.3 Å². The molecular formula is C28H33N5O2. The van der Waals surface area contributed by atoms with Crippen LogP contribution in [0.3, 0.4) is 0 Å². The number of carbonyl (C=O) groups is 1. The van der Waals surface area contributed by atoms with E-state index in [-0.39, 0.29) is 5.91 Å². The van der Waals surface area contributed by atoms with Crippen LogP contribution in [0.2, 0.25) is 0 Å². The van der Waals surface area contributed by atoms with E-state index >= 15 is 0 Å². The van der Waals surface area contributed by atoms with Crippen molar-refractivity contribution in [3.05, 3.63) is 70.9 Å². The number of morpholine rings is 1. The molecule has 0 aliphatic carbocycles. The van der Waals surface area contributed by atoms with E-state index in [1.54, 1.807) is 0 Å². The topological polar surface area (TPSA) is 61.8 Å². The van der Waals surface area contributed by atoms with Crippen LogP contribution in [0.4, 0.5) is 11.6 Å². The van der Waals surface area contributed by atoms with E-state index < -0.39 is 0 Å². The van der Waals surface area contributed by atoms with Crippen LogP contribution in [-0.2, 0) is 4.74 Å². The summed E-state index contributed by atoms with van der Waals surface area (Å²) < 4.78 is 5.46. The van der Waals surface area contributed by atoms with Gasteiger partial charge < -0.3 is 19.4 Å². The third-order valence-corrected chi connectivity index (χ3v) is 6.92. The van der Waals surface area contributed by atoms with Crippen molar-refractivity contribution >= 4 is 17.5 Å². The molecule has 5 rings (SSSR count). The van der Waals surface area contributed by atoms with Gasteiger partial charge in [0.05, 0.1) is 18.9 Å². The van der Waals surface area contributed by atoms with Gasteiger partial charge in [-0.05, 0) is 50.1 Å². The highest BCUT2D eigenvalue weighted by atomic mass is 16.5. The smallest absolute Gasteiger partial charge is 0.254 e. The van der Waals surface area contributed by atoms with Crippen LogP contribution in [-0.4, -0.2) is 73.3 Å². The van der Waals surface area contributed by atoms with Gasteiger partial charge in [-0.3, -0.25) is 4.79 Å². The summed E-state index contributed by atoms with van der Waals surface area (Å²) in [6.45, 7) is 12.3. The van der Waals surface area contributed by atoms with E-state index in [0.29, 0.717) is 13.1 Å². The number of benzene rings is 2. The molecule has 182 valence electrons. The number of piperazine rings is 1. The van der Waals surface area contributed by atoms with Crippen LogP contribution in [0, 0.1) is 20.8 Å². The summed E-state index contributed by atoms with van der Waals surface area (Å²) in [6, 6.07) is 14.7. The molecule has 0 saturated carbocycles. The molecule has 0 radical (unpaired) electrons. The standard InChI is InChI=1S/C28H33N5O2/c1-20-18-21(2)26(22(3)19-20)27(34)32-10-12-33(13-11-32)28-29-9-8-25(30-28)23-4-6-24(7-5-23)31-14-16-35-17-15-31/h4-9,18-19H,10-17H2,1-3H3. The van der Waals surface area contributed by atoms with E-state index in [2.05, 4.69) is 58.1 Å². The predicted octanol–water partition coefficient (Wildman–Crippen LogP) is 3.87. The van der Waals surface area contributed by atoms with E-state index in [4.69, 9.17) is 9.72 Å². The maximum Gasteiger partial charge on any atom is 0.254 e. The number of anilines is 2. The molecule has 0 unspecified atom stereocenters. The molecule has 0 N–H and O–H groups in total. The lowest BCUT2D eigenvalue weighted by molar-refractivity contribution is 0.0744. The van der Waals surface area contributed by atoms with Crippen molar-refractivity contribution in [2.75, 3.05) is 62.3 Å². The molecule has 7 heteroatoms. The Morgan fingerprint density at radius 2 is 1.49 bits per heavy atom. The second-order valence-corrected chi connectivity index (χ2v) is 9.44. The van der Waals surface area contributed by atoms with E-state index in [1.807, 2.05) is 31.0 Å². The lowest BCUT2D eigenvalue weighted by atomic mass is 9.98. The molecule has 1 aromatic heterocycles. The maximum atomic E-state index is 13.2. The molecule has 1 amide bonds. The van der Waals surface area contributed by atoms with Gasteiger partial charge >= 0.3 is 0 Å². The highest BCUT2D eigenvalue weighted by Gasteiger charge is 2.25. The van der Waals surface area contributed by atoms with E-state index in [1.165, 1.54) is 11.3 Å². The van der Waals surface area contributed by atoms with E-state index in [9.17, 15) is 4.79 Å². The van der Waals surface area contributed by atoms with Crippen molar-refractivity contribution < 1.29 is 9.53 Å². The quantitative estimate of drug-likeness (QED) is 0.576. The number of rotatable bonds is 4. The fourth-order valence-electron chi connectivity index (χ4n) is 5.11. The molecule has 3 heterocycles. The number of aryl methyl sites for hydroxylation is 3. The summed E-state index contributed by atoms with van der Waals surface area (Å²) in [5.74, 6) is 0.837. The third kappa shape index (κ3) is 5.00. The summed E-state index contributed by atoms with van der Waals surface area (Å²) in [5, 5.41) is 0. The number of hydrogen-bond acceptors (Lipinski definition) is 6. The Labute approximate surface area is 207 Å². The van der Waals surface area contributed by atoms with Gasteiger partial charge in [-0.15, -0.1) is 0 Å². The first kappa shape index (κ1) is 23.3. The van der Waals surface area contributed by atoms with E-state index in [0.717, 1.165) is 73.3 Å². The number of ether oxygens (including phenoxy) is 1. The van der Waals surface area contributed by atoms with Gasteiger partial charge in [-0.25, -0.2) is 9.97 Å². The van der Waals surface area contributed by atoms with Gasteiger partial charge in [0.1, 0.15) is 0 Å². The summed E-state index contributed by atoms with van der Waals surface area (Å²) in [5.41, 5.74) is 7.32. The molecule has 3 aromatic rings. The molecule has 2 aromatic carbocycles. The number of carbonyl (C=O) groups excluding carboxylic acids is 1. The molecule has 0 bridgehead atoms. The Kier molecular flexibility index (Phi) is 6.68. The molecule has 2 saturated heterocycles. The average molecular weight is 472 g/mol. The molecule has 2 fully saturated rings. The zero-order valence-electron chi connectivity index (χ0n) is 20.8. The monoisotopic (exact) mass is 471 g/mol. The first-order chi connectivity index (χ1) is 17.0. The minimum absolute atomic E-state index is 0.120. The zero-order valence-corrected chi connectivity index (χ0v) is 20.8. The number of amides is 1. The Hall–Kier alpha value is -3.45. The molecule has 2 aliphatic heterocycles. The third-order valence-electron chi connectivity index (χ3n) is 6.92. The molecule has 0 atom stereocenters. The van der Waals surface area contributed by atoms with Crippen molar-refractivity contribution in [1.82, 2.24) is 14.9 Å². The molecule has 7 nitrogen and oxygen atoms in total. The SMILES string of the molecule is Cc1cc(C)c(C(=O)N2CCN(c3nccc(-c4ccc(N5CCOCC5)cc4)n3)CC2)c(C)c1. The highest BCUT2D eigenvalue weighted by molar-refractivity contribution is 5.97. The maximum absolute atomic E-state index is 13.2. The Bertz CT molecular complexity index is 1170. The zero-order chi connectivity index (χ0) is 24.4. The Morgan fingerprint density at radius 1 is 0.829 bits per heavy atom. The van der Waals surface area contributed by atoms with Crippen LogP contribution in [0.5, 0.6) is 0 Å². The summed E-state index contributed by atoms with van der Waals surface area (Å²) in [6.07, 6.45) is 1.82. The van der Waals surface area contributed by atoms with Crippen LogP contribution in [0.25, 0.3) is 11.3 Å². The highest BCUT2D eigenvalue weighted by Crippen LogP contribution is 2.25. The van der Waals surface area contributed by atoms with Gasteiger partial charge in [-0.1, -0.05) is 29.8 Å². The van der Waals surface area contributed by atoms with Crippen molar-refractivity contribution in [2.45, 2.75) is 20.8 Å². The second kappa shape index (κ2) is 10.0. The Balaban J connectivity index is 1.25. The average Bonchev–Trinajstić information content (AvgIpc) is 2.89. The molecular weight excluding hydrogens is 438 g/mol. The van der Waals surface area contributed by atoms with Crippen molar-refractivity contribution in [1.29, 1.82) is 0 Å². The van der Waals surface area contributed by atoms with Crippen LogP contribution in [0.15, 0.2) is 48.7 Å². The predicted molar refractivity (Wildman–Crippen MR) is 139 cm³/mol. The van der Waals surface area contributed by atoms with Crippen LogP contribution < -0.4 is 9.80 Å². The normalized spacial score (nSPS) is 16.5. The lowest BCUT2D eigenvalue weighted by Crippen LogP contribution is -2.49. The number of aromatic nitrogens is 2. The van der Waals surface area contributed by atoms with Gasteiger partial charge in [0, 0.05) is 62.3 Å². The fourth-order valence-corrected chi connectivity index (χ4v) is 5.11. The summed E-state index contributed by atoms with van der Waals surface area (Å²) in [7, 11) is 0.